The van der Waals surface area contributed by atoms with E-state index in [9.17, 15) is 14.0 Å². The van der Waals surface area contributed by atoms with Crippen LogP contribution in [0, 0.1) is 5.82 Å². The van der Waals surface area contributed by atoms with E-state index in [1.165, 1.54) is 25.3 Å². The predicted molar refractivity (Wildman–Crippen MR) is 96.1 cm³/mol. The fourth-order valence-corrected chi connectivity index (χ4v) is 2.97. The molecule has 8 heteroatoms. The van der Waals surface area contributed by atoms with Crippen LogP contribution in [-0.2, 0) is 11.4 Å². The zero-order valence-electron chi connectivity index (χ0n) is 13.6. The molecule has 2 aromatic rings. The fraction of sp³-hybridized carbons (Fsp3) is 0.111. The summed E-state index contributed by atoms with van der Waals surface area (Å²) in [6.07, 6.45) is 1.52. The molecule has 0 unspecified atom stereocenters. The minimum Gasteiger partial charge on any atom is -0.493 e. The van der Waals surface area contributed by atoms with E-state index in [0.29, 0.717) is 27.1 Å². The molecule has 2 N–H and O–H groups in total. The summed E-state index contributed by atoms with van der Waals surface area (Å²) in [5.41, 5.74) is 1.44. The number of halogens is 2. The Kier molecular flexibility index (Phi) is 5.22. The van der Waals surface area contributed by atoms with Gasteiger partial charge < -0.3 is 14.8 Å². The predicted octanol–water partition coefficient (Wildman–Crippen LogP) is 3.36. The van der Waals surface area contributed by atoms with Gasteiger partial charge in [-0.15, -0.1) is 0 Å². The van der Waals surface area contributed by atoms with Crippen LogP contribution in [0.25, 0.3) is 6.08 Å². The lowest BCUT2D eigenvalue weighted by molar-refractivity contribution is -0.115. The Bertz CT molecular complexity index is 914. The third-order valence-electron chi connectivity index (χ3n) is 3.55. The maximum absolute atomic E-state index is 13.3. The summed E-state index contributed by atoms with van der Waals surface area (Å²) in [4.78, 5) is 22.8. The number of carbonyl (C=O) groups is 2. The average molecular weight is 421 g/mol. The standard InChI is InChI=1S/C18H14BrFN2O4/c1-25-15-8-11(7-14-17(23)22-18(24)21-14)6-13(19)16(15)26-9-10-3-2-4-12(20)5-10/h2-8H,9H2,1H3,(H2,21,22,23,24)/b14-7-. The Hall–Kier alpha value is -2.87. The van der Waals surface area contributed by atoms with Crippen molar-refractivity contribution in [3.05, 3.63) is 63.5 Å². The van der Waals surface area contributed by atoms with Crippen molar-refractivity contribution in [3.63, 3.8) is 0 Å². The molecule has 3 rings (SSSR count). The summed E-state index contributed by atoms with van der Waals surface area (Å²) >= 11 is 3.41. The van der Waals surface area contributed by atoms with Crippen molar-refractivity contribution < 1.29 is 23.5 Å². The molecule has 1 saturated heterocycles. The molecule has 0 atom stereocenters. The molecular formula is C18H14BrFN2O4. The van der Waals surface area contributed by atoms with Crippen molar-refractivity contribution in [3.8, 4) is 11.5 Å². The molecule has 26 heavy (non-hydrogen) atoms. The van der Waals surface area contributed by atoms with Crippen LogP contribution in [0.2, 0.25) is 0 Å². The second kappa shape index (κ2) is 7.57. The maximum atomic E-state index is 13.3. The summed E-state index contributed by atoms with van der Waals surface area (Å²) in [7, 11) is 1.48. The number of rotatable bonds is 5. The highest BCUT2D eigenvalue weighted by atomic mass is 79.9. The Balaban J connectivity index is 1.84. The largest absolute Gasteiger partial charge is 0.493 e. The van der Waals surface area contributed by atoms with Gasteiger partial charge in [-0.25, -0.2) is 9.18 Å². The van der Waals surface area contributed by atoms with Gasteiger partial charge in [0.05, 0.1) is 11.6 Å². The lowest BCUT2D eigenvalue weighted by atomic mass is 10.1. The van der Waals surface area contributed by atoms with Crippen molar-refractivity contribution >= 4 is 33.9 Å². The first-order valence-electron chi connectivity index (χ1n) is 7.55. The first-order chi connectivity index (χ1) is 12.5. The average Bonchev–Trinajstić information content (AvgIpc) is 2.90. The number of urea groups is 1. The van der Waals surface area contributed by atoms with E-state index in [2.05, 4.69) is 26.6 Å². The topological polar surface area (TPSA) is 76.7 Å². The van der Waals surface area contributed by atoms with Crippen molar-refractivity contribution in [1.29, 1.82) is 0 Å². The second-order valence-electron chi connectivity index (χ2n) is 5.42. The van der Waals surface area contributed by atoms with Gasteiger partial charge >= 0.3 is 6.03 Å². The molecule has 2 aromatic carbocycles. The number of amides is 3. The monoisotopic (exact) mass is 420 g/mol. The molecule has 0 aromatic heterocycles. The number of hydrogen-bond acceptors (Lipinski definition) is 4. The summed E-state index contributed by atoms with van der Waals surface area (Å²) in [6.45, 7) is 0.158. The Morgan fingerprint density at radius 3 is 2.65 bits per heavy atom. The van der Waals surface area contributed by atoms with Crippen LogP contribution in [0.3, 0.4) is 0 Å². The van der Waals surface area contributed by atoms with Crippen LogP contribution in [0.1, 0.15) is 11.1 Å². The Morgan fingerprint density at radius 2 is 2.00 bits per heavy atom. The van der Waals surface area contributed by atoms with E-state index < -0.39 is 11.9 Å². The van der Waals surface area contributed by atoms with Gasteiger partial charge in [-0.1, -0.05) is 12.1 Å². The van der Waals surface area contributed by atoms with Crippen LogP contribution in [0.4, 0.5) is 9.18 Å². The molecule has 6 nitrogen and oxygen atoms in total. The molecular weight excluding hydrogens is 407 g/mol. The molecule has 134 valence electrons. The van der Waals surface area contributed by atoms with Gasteiger partial charge in [0.1, 0.15) is 18.1 Å². The zero-order valence-corrected chi connectivity index (χ0v) is 15.2. The lowest BCUT2D eigenvalue weighted by Gasteiger charge is -2.14. The van der Waals surface area contributed by atoms with Crippen molar-refractivity contribution in [2.75, 3.05) is 7.11 Å². The van der Waals surface area contributed by atoms with Gasteiger partial charge in [0.2, 0.25) is 0 Å². The highest BCUT2D eigenvalue weighted by Crippen LogP contribution is 2.37. The number of nitrogens with one attached hydrogen (secondary N) is 2. The van der Waals surface area contributed by atoms with E-state index in [-0.39, 0.29) is 18.1 Å². The minimum absolute atomic E-state index is 0.136. The number of methoxy groups -OCH3 is 1. The normalized spacial score (nSPS) is 15.0. The van der Waals surface area contributed by atoms with Crippen LogP contribution >= 0.6 is 15.9 Å². The third kappa shape index (κ3) is 4.02. The van der Waals surface area contributed by atoms with Crippen molar-refractivity contribution in [2.24, 2.45) is 0 Å². The first-order valence-corrected chi connectivity index (χ1v) is 8.34. The van der Waals surface area contributed by atoms with Crippen LogP contribution < -0.4 is 20.1 Å². The van der Waals surface area contributed by atoms with E-state index >= 15 is 0 Å². The van der Waals surface area contributed by atoms with Gasteiger partial charge in [-0.2, -0.15) is 0 Å². The summed E-state index contributed by atoms with van der Waals surface area (Å²) in [6, 6.07) is 8.92. The van der Waals surface area contributed by atoms with Crippen LogP contribution in [0.15, 0.2) is 46.6 Å². The van der Waals surface area contributed by atoms with Gasteiger partial charge in [-0.05, 0) is 57.4 Å². The van der Waals surface area contributed by atoms with Gasteiger partial charge in [-0.3, -0.25) is 10.1 Å². The quantitative estimate of drug-likeness (QED) is 0.574. The molecule has 1 aliphatic rings. The first kappa shape index (κ1) is 17.9. The van der Waals surface area contributed by atoms with E-state index in [0.717, 1.165) is 0 Å². The molecule has 1 aliphatic heterocycles. The molecule has 0 saturated carbocycles. The summed E-state index contributed by atoms with van der Waals surface area (Å²) in [5.74, 6) is 0.0266. The van der Waals surface area contributed by atoms with E-state index in [1.54, 1.807) is 24.3 Å². The zero-order chi connectivity index (χ0) is 18.7. The minimum atomic E-state index is -0.567. The number of ether oxygens (including phenoxy) is 2. The number of hydrogen-bond donors (Lipinski definition) is 2. The van der Waals surface area contributed by atoms with E-state index in [1.807, 2.05) is 0 Å². The highest BCUT2D eigenvalue weighted by molar-refractivity contribution is 9.10. The Morgan fingerprint density at radius 1 is 1.19 bits per heavy atom. The smallest absolute Gasteiger partial charge is 0.326 e. The van der Waals surface area contributed by atoms with Crippen molar-refractivity contribution in [1.82, 2.24) is 10.6 Å². The van der Waals surface area contributed by atoms with Crippen molar-refractivity contribution in [2.45, 2.75) is 6.61 Å². The molecule has 1 fully saturated rings. The van der Waals surface area contributed by atoms with Crippen LogP contribution in [0.5, 0.6) is 11.5 Å². The molecule has 0 radical (unpaired) electrons. The molecule has 0 bridgehead atoms. The van der Waals surface area contributed by atoms with Gasteiger partial charge in [0, 0.05) is 0 Å². The van der Waals surface area contributed by atoms with Crippen LogP contribution in [-0.4, -0.2) is 19.0 Å². The van der Waals surface area contributed by atoms with E-state index in [4.69, 9.17) is 9.47 Å². The third-order valence-corrected chi connectivity index (χ3v) is 4.14. The molecule has 0 aliphatic carbocycles. The second-order valence-corrected chi connectivity index (χ2v) is 6.27. The van der Waals surface area contributed by atoms with Gasteiger partial charge in [0.15, 0.2) is 11.5 Å². The maximum Gasteiger partial charge on any atom is 0.326 e. The number of benzene rings is 2. The molecule has 1 heterocycles. The SMILES string of the molecule is COc1cc(/C=C2\NC(=O)NC2=O)cc(Br)c1OCc1cccc(F)c1. The lowest BCUT2D eigenvalue weighted by Crippen LogP contribution is -2.22. The summed E-state index contributed by atoms with van der Waals surface area (Å²) in [5, 5.41) is 4.54. The summed E-state index contributed by atoms with van der Waals surface area (Å²) < 4.78 is 25.0. The number of carbonyl (C=O) groups excluding carboxylic acids is 2. The fourth-order valence-electron chi connectivity index (χ4n) is 2.39. The molecule has 3 amide bonds. The highest BCUT2D eigenvalue weighted by Gasteiger charge is 2.23. The number of imide groups is 1. The molecule has 0 spiro atoms. The van der Waals surface area contributed by atoms with Gasteiger partial charge in [0.25, 0.3) is 5.91 Å². The Labute approximate surface area is 157 Å².